The van der Waals surface area contributed by atoms with Crippen LogP contribution in [-0.2, 0) is 0 Å². The first-order valence-electron chi connectivity index (χ1n) is 9.73. The summed E-state index contributed by atoms with van der Waals surface area (Å²) in [7, 11) is 0. The van der Waals surface area contributed by atoms with Crippen molar-refractivity contribution < 1.29 is 10.0 Å². The molecule has 0 saturated carbocycles. The van der Waals surface area contributed by atoms with E-state index >= 15 is 0 Å². The zero-order valence-electron chi connectivity index (χ0n) is 15.9. The molecule has 2 atom stereocenters. The number of hydrogen-bond donors (Lipinski definition) is 1. The van der Waals surface area contributed by atoms with Gasteiger partial charge in [0.2, 0.25) is 0 Å². The number of phenols is 1. The number of nitro benzene ring substituents is 1. The zero-order valence-corrected chi connectivity index (χ0v) is 15.9. The largest absolute Gasteiger partial charge is 0.508 e. The van der Waals surface area contributed by atoms with E-state index in [2.05, 4.69) is 11.8 Å². The van der Waals surface area contributed by atoms with Crippen LogP contribution in [0.5, 0.6) is 5.75 Å². The normalized spacial score (nSPS) is 18.8. The van der Waals surface area contributed by atoms with E-state index in [0.717, 1.165) is 41.4 Å². The summed E-state index contributed by atoms with van der Waals surface area (Å²) < 4.78 is 0. The third-order valence-corrected chi connectivity index (χ3v) is 5.67. The van der Waals surface area contributed by atoms with Crippen LogP contribution in [0, 0.1) is 16.0 Å². The van der Waals surface area contributed by atoms with Gasteiger partial charge in [0, 0.05) is 24.2 Å². The van der Waals surface area contributed by atoms with Crippen LogP contribution in [0.3, 0.4) is 0 Å². The molecule has 0 aromatic heterocycles. The molecule has 144 valence electrons. The van der Waals surface area contributed by atoms with Gasteiger partial charge in [-0.15, -0.1) is 0 Å². The number of nitro groups is 1. The summed E-state index contributed by atoms with van der Waals surface area (Å²) in [6.07, 6.45) is 2.26. The highest BCUT2D eigenvalue weighted by molar-refractivity contribution is 5.88. The molecular formula is C23H24N2O3. The summed E-state index contributed by atoms with van der Waals surface area (Å²) >= 11 is 0. The van der Waals surface area contributed by atoms with Crippen molar-refractivity contribution >= 4 is 16.5 Å². The molecule has 0 radical (unpaired) electrons. The Kier molecular flexibility index (Phi) is 5.01. The van der Waals surface area contributed by atoms with Gasteiger partial charge in [0.05, 0.1) is 11.0 Å². The van der Waals surface area contributed by atoms with Crippen LogP contribution >= 0.6 is 0 Å². The Labute approximate surface area is 164 Å². The molecule has 0 aliphatic carbocycles. The minimum atomic E-state index is -0.359. The number of aromatic hydroxyl groups is 1. The standard InChI is InChI=1S/C23H24N2O3/c1-16-6-5-13-24(15-16)23(18-8-4-9-19(14-18)25(27)28)22-20-10-3-2-7-17(20)11-12-21(22)26/h2-4,7-12,14,16,23,26H,5-6,13,15H2,1H3. The maximum Gasteiger partial charge on any atom is 0.269 e. The van der Waals surface area contributed by atoms with E-state index in [4.69, 9.17) is 0 Å². The third-order valence-electron chi connectivity index (χ3n) is 5.67. The smallest absolute Gasteiger partial charge is 0.269 e. The van der Waals surface area contributed by atoms with E-state index in [0.29, 0.717) is 5.92 Å². The predicted molar refractivity (Wildman–Crippen MR) is 111 cm³/mol. The van der Waals surface area contributed by atoms with Crippen molar-refractivity contribution in [2.45, 2.75) is 25.8 Å². The van der Waals surface area contributed by atoms with E-state index in [1.54, 1.807) is 18.2 Å². The van der Waals surface area contributed by atoms with Crippen molar-refractivity contribution in [2.75, 3.05) is 13.1 Å². The van der Waals surface area contributed by atoms with Crippen molar-refractivity contribution in [3.05, 3.63) is 81.9 Å². The Balaban J connectivity index is 1.93. The Morgan fingerprint density at radius 1 is 1.14 bits per heavy atom. The molecule has 28 heavy (non-hydrogen) atoms. The molecule has 1 N–H and O–H groups in total. The van der Waals surface area contributed by atoms with Crippen LogP contribution in [0.25, 0.3) is 10.8 Å². The molecule has 2 unspecified atom stereocenters. The van der Waals surface area contributed by atoms with Crippen LogP contribution < -0.4 is 0 Å². The number of hydrogen-bond acceptors (Lipinski definition) is 4. The van der Waals surface area contributed by atoms with Crippen molar-refractivity contribution in [3.63, 3.8) is 0 Å². The fraction of sp³-hybridized carbons (Fsp3) is 0.304. The van der Waals surface area contributed by atoms with Gasteiger partial charge in [-0.3, -0.25) is 15.0 Å². The van der Waals surface area contributed by atoms with Crippen molar-refractivity contribution in [3.8, 4) is 5.75 Å². The van der Waals surface area contributed by atoms with Crippen molar-refractivity contribution in [1.82, 2.24) is 4.90 Å². The Bertz CT molecular complexity index is 1020. The lowest BCUT2D eigenvalue weighted by Gasteiger charge is -2.38. The molecule has 3 aromatic carbocycles. The summed E-state index contributed by atoms with van der Waals surface area (Å²) in [5.74, 6) is 0.778. The molecule has 5 nitrogen and oxygen atoms in total. The minimum Gasteiger partial charge on any atom is -0.508 e. The fourth-order valence-corrected chi connectivity index (χ4v) is 4.40. The molecule has 1 aliphatic heterocycles. The number of phenolic OH excluding ortho intramolecular Hbond substituents is 1. The second-order valence-electron chi connectivity index (χ2n) is 7.72. The Morgan fingerprint density at radius 3 is 2.75 bits per heavy atom. The maximum absolute atomic E-state index is 11.4. The molecule has 1 fully saturated rings. The van der Waals surface area contributed by atoms with Gasteiger partial charge in [-0.05, 0) is 47.7 Å². The van der Waals surface area contributed by atoms with Gasteiger partial charge in [0.1, 0.15) is 5.75 Å². The summed E-state index contributed by atoms with van der Waals surface area (Å²) in [4.78, 5) is 13.4. The van der Waals surface area contributed by atoms with E-state index in [9.17, 15) is 15.2 Å². The molecule has 1 saturated heterocycles. The van der Waals surface area contributed by atoms with E-state index < -0.39 is 0 Å². The van der Waals surface area contributed by atoms with Crippen LogP contribution in [0.15, 0.2) is 60.7 Å². The average molecular weight is 376 g/mol. The van der Waals surface area contributed by atoms with Gasteiger partial charge < -0.3 is 5.11 Å². The highest BCUT2D eigenvalue weighted by Crippen LogP contribution is 2.41. The lowest BCUT2D eigenvalue weighted by molar-refractivity contribution is -0.384. The first-order valence-corrected chi connectivity index (χ1v) is 9.73. The molecule has 3 aromatic rings. The highest BCUT2D eigenvalue weighted by Gasteiger charge is 2.30. The molecule has 1 heterocycles. The highest BCUT2D eigenvalue weighted by atomic mass is 16.6. The fourth-order valence-electron chi connectivity index (χ4n) is 4.40. The minimum absolute atomic E-state index is 0.0762. The van der Waals surface area contributed by atoms with Gasteiger partial charge in [-0.25, -0.2) is 0 Å². The molecule has 4 rings (SSSR count). The molecule has 0 bridgehead atoms. The maximum atomic E-state index is 11.4. The first kappa shape index (κ1) is 18.4. The average Bonchev–Trinajstić information content (AvgIpc) is 2.70. The van der Waals surface area contributed by atoms with E-state index in [1.807, 2.05) is 36.4 Å². The molecule has 0 amide bonds. The summed E-state index contributed by atoms with van der Waals surface area (Å²) in [5, 5.41) is 24.3. The summed E-state index contributed by atoms with van der Waals surface area (Å²) in [5.41, 5.74) is 1.75. The molecule has 5 heteroatoms. The Hall–Kier alpha value is -2.92. The summed E-state index contributed by atoms with van der Waals surface area (Å²) in [6.45, 7) is 4.04. The number of rotatable bonds is 4. The molecular weight excluding hydrogens is 352 g/mol. The second kappa shape index (κ2) is 7.60. The summed E-state index contributed by atoms with van der Waals surface area (Å²) in [6, 6.07) is 18.2. The second-order valence-corrected chi connectivity index (χ2v) is 7.72. The van der Waals surface area contributed by atoms with Crippen LogP contribution in [0.4, 0.5) is 5.69 Å². The number of benzene rings is 3. The number of piperidine rings is 1. The Morgan fingerprint density at radius 2 is 1.96 bits per heavy atom. The van der Waals surface area contributed by atoms with Crippen LogP contribution in [-0.4, -0.2) is 28.0 Å². The number of fused-ring (bicyclic) bond motifs is 1. The van der Waals surface area contributed by atoms with Gasteiger partial charge in [-0.2, -0.15) is 0 Å². The van der Waals surface area contributed by atoms with Crippen molar-refractivity contribution in [1.29, 1.82) is 0 Å². The number of likely N-dealkylation sites (tertiary alicyclic amines) is 1. The van der Waals surface area contributed by atoms with Gasteiger partial charge in [0.25, 0.3) is 5.69 Å². The zero-order chi connectivity index (χ0) is 19.7. The number of non-ortho nitro benzene ring substituents is 1. The SMILES string of the molecule is CC1CCCN(C(c2cccc([N+](=O)[O-])c2)c2c(O)ccc3ccccc23)C1. The third kappa shape index (κ3) is 3.45. The van der Waals surface area contributed by atoms with Gasteiger partial charge in [0.15, 0.2) is 0 Å². The van der Waals surface area contributed by atoms with Crippen LogP contribution in [0.2, 0.25) is 0 Å². The monoisotopic (exact) mass is 376 g/mol. The van der Waals surface area contributed by atoms with Crippen LogP contribution in [0.1, 0.15) is 36.9 Å². The lowest BCUT2D eigenvalue weighted by Crippen LogP contribution is -2.38. The topological polar surface area (TPSA) is 66.6 Å². The predicted octanol–water partition coefficient (Wildman–Crippen LogP) is 5.27. The van der Waals surface area contributed by atoms with Crippen molar-refractivity contribution in [2.24, 2.45) is 5.92 Å². The quantitative estimate of drug-likeness (QED) is 0.497. The van der Waals surface area contributed by atoms with E-state index in [-0.39, 0.29) is 22.4 Å². The molecule has 1 aliphatic rings. The first-order chi connectivity index (χ1) is 13.5. The van der Waals surface area contributed by atoms with Gasteiger partial charge in [-0.1, -0.05) is 49.4 Å². The van der Waals surface area contributed by atoms with E-state index in [1.165, 1.54) is 12.5 Å². The molecule has 0 spiro atoms. The van der Waals surface area contributed by atoms with Gasteiger partial charge >= 0.3 is 0 Å². The lowest BCUT2D eigenvalue weighted by atomic mass is 9.88. The number of nitrogens with zero attached hydrogens (tertiary/aromatic N) is 2.